The van der Waals surface area contributed by atoms with Crippen molar-refractivity contribution >= 4 is 34.9 Å². The van der Waals surface area contributed by atoms with Crippen molar-refractivity contribution in [2.24, 2.45) is 0 Å². The van der Waals surface area contributed by atoms with Gasteiger partial charge in [0.15, 0.2) is 0 Å². The third-order valence-corrected chi connectivity index (χ3v) is 6.78. The molecule has 0 aliphatic carbocycles. The molecule has 0 aromatic heterocycles. The average molecular weight is 500 g/mol. The predicted molar refractivity (Wildman–Crippen MR) is 140 cm³/mol. The summed E-state index contributed by atoms with van der Waals surface area (Å²) < 4.78 is 5.18. The molecule has 0 radical (unpaired) electrons. The summed E-state index contributed by atoms with van der Waals surface area (Å²) in [5, 5.41) is 2.91. The normalized spacial score (nSPS) is 14.1. The van der Waals surface area contributed by atoms with Gasteiger partial charge in [-0.2, -0.15) is 0 Å². The van der Waals surface area contributed by atoms with Gasteiger partial charge in [0.2, 0.25) is 11.8 Å². The number of ketones is 1. The quantitative estimate of drug-likeness (QED) is 0.448. The standard InChI is InChI=1S/C29H29N3O5/c1-4-29(2,28(36)30-21-14-16-22(37-3)17-15-21)32(18-20-10-6-5-7-11-20)25(33)19-31-24-13-9-8-12-23(24)26(34)27(31)35/h5-17H,4,18-19H2,1-3H3,(H,30,36). The van der Waals surface area contributed by atoms with Crippen LogP contribution in [0.1, 0.15) is 36.2 Å². The number of nitrogens with zero attached hydrogens (tertiary/aromatic N) is 2. The number of methoxy groups -OCH3 is 1. The highest BCUT2D eigenvalue weighted by molar-refractivity contribution is 6.52. The van der Waals surface area contributed by atoms with Gasteiger partial charge in [-0.3, -0.25) is 24.1 Å². The Bertz CT molecular complexity index is 1320. The number of benzene rings is 3. The molecule has 0 bridgehead atoms. The van der Waals surface area contributed by atoms with E-state index in [0.717, 1.165) is 5.56 Å². The Morgan fingerprint density at radius 3 is 2.24 bits per heavy atom. The number of para-hydroxylation sites is 1. The van der Waals surface area contributed by atoms with E-state index in [0.29, 0.717) is 23.5 Å². The van der Waals surface area contributed by atoms with Gasteiger partial charge in [0.25, 0.3) is 11.7 Å². The van der Waals surface area contributed by atoms with Crippen LogP contribution >= 0.6 is 0 Å². The van der Waals surface area contributed by atoms with Crippen molar-refractivity contribution in [1.82, 2.24) is 4.90 Å². The lowest BCUT2D eigenvalue weighted by atomic mass is 9.93. The average Bonchev–Trinajstić information content (AvgIpc) is 3.17. The first-order valence-corrected chi connectivity index (χ1v) is 12.0. The van der Waals surface area contributed by atoms with Gasteiger partial charge in [-0.05, 0) is 55.3 Å². The summed E-state index contributed by atoms with van der Waals surface area (Å²) in [6.07, 6.45) is 0.316. The largest absolute Gasteiger partial charge is 0.497 e. The van der Waals surface area contributed by atoms with Crippen molar-refractivity contribution in [3.63, 3.8) is 0 Å². The molecule has 3 aromatic rings. The molecule has 8 heteroatoms. The monoisotopic (exact) mass is 499 g/mol. The van der Waals surface area contributed by atoms with Crippen LogP contribution in [-0.4, -0.2) is 47.6 Å². The molecule has 190 valence electrons. The van der Waals surface area contributed by atoms with Crippen LogP contribution < -0.4 is 15.0 Å². The molecule has 37 heavy (non-hydrogen) atoms. The first kappa shape index (κ1) is 25.6. The first-order chi connectivity index (χ1) is 17.8. The van der Waals surface area contributed by atoms with Crippen molar-refractivity contribution < 1.29 is 23.9 Å². The van der Waals surface area contributed by atoms with Gasteiger partial charge in [-0.15, -0.1) is 0 Å². The van der Waals surface area contributed by atoms with E-state index >= 15 is 0 Å². The van der Waals surface area contributed by atoms with Gasteiger partial charge in [-0.25, -0.2) is 0 Å². The maximum atomic E-state index is 13.8. The second-order valence-corrected chi connectivity index (χ2v) is 9.01. The molecule has 1 heterocycles. The van der Waals surface area contributed by atoms with E-state index in [1.54, 1.807) is 62.6 Å². The van der Waals surface area contributed by atoms with Crippen LogP contribution in [0.2, 0.25) is 0 Å². The Balaban J connectivity index is 1.65. The Labute approximate surface area is 215 Å². The molecule has 8 nitrogen and oxygen atoms in total. The Kier molecular flexibility index (Phi) is 7.38. The summed E-state index contributed by atoms with van der Waals surface area (Å²) in [5.74, 6) is -1.56. The fraction of sp³-hybridized carbons (Fsp3) is 0.241. The van der Waals surface area contributed by atoms with Crippen LogP contribution in [0.3, 0.4) is 0 Å². The molecule has 1 aliphatic heterocycles. The maximum Gasteiger partial charge on any atom is 0.299 e. The molecule has 0 saturated heterocycles. The van der Waals surface area contributed by atoms with Crippen molar-refractivity contribution in [2.45, 2.75) is 32.4 Å². The number of hydrogen-bond donors (Lipinski definition) is 1. The number of Topliss-reactive ketones (excluding diaryl/α,β-unsaturated/α-hetero) is 1. The second-order valence-electron chi connectivity index (χ2n) is 9.01. The topological polar surface area (TPSA) is 96.0 Å². The lowest BCUT2D eigenvalue weighted by Crippen LogP contribution is -2.58. The molecule has 0 fully saturated rings. The molecule has 3 amide bonds. The van der Waals surface area contributed by atoms with Crippen molar-refractivity contribution in [3.05, 3.63) is 90.0 Å². The molecule has 0 saturated carbocycles. The zero-order valence-corrected chi connectivity index (χ0v) is 21.1. The number of rotatable bonds is 9. The summed E-state index contributed by atoms with van der Waals surface area (Å²) in [7, 11) is 1.56. The maximum absolute atomic E-state index is 13.8. The van der Waals surface area contributed by atoms with Crippen LogP contribution in [0.4, 0.5) is 11.4 Å². The summed E-state index contributed by atoms with van der Waals surface area (Å²) in [4.78, 5) is 55.4. The highest BCUT2D eigenvalue weighted by Crippen LogP contribution is 2.30. The van der Waals surface area contributed by atoms with Gasteiger partial charge in [-0.1, -0.05) is 49.4 Å². The lowest BCUT2D eigenvalue weighted by Gasteiger charge is -2.40. The molecular weight excluding hydrogens is 470 g/mol. The van der Waals surface area contributed by atoms with Crippen LogP contribution in [-0.2, 0) is 20.9 Å². The molecule has 1 N–H and O–H groups in total. The molecule has 0 spiro atoms. The smallest absolute Gasteiger partial charge is 0.299 e. The summed E-state index contributed by atoms with van der Waals surface area (Å²) in [6, 6.07) is 22.8. The highest BCUT2D eigenvalue weighted by atomic mass is 16.5. The third-order valence-electron chi connectivity index (χ3n) is 6.78. The van der Waals surface area contributed by atoms with Crippen LogP contribution in [0.15, 0.2) is 78.9 Å². The van der Waals surface area contributed by atoms with Gasteiger partial charge in [0, 0.05) is 12.2 Å². The number of ether oxygens (including phenoxy) is 1. The molecule has 1 unspecified atom stereocenters. The van der Waals surface area contributed by atoms with E-state index in [1.165, 1.54) is 9.80 Å². The Hall–Kier alpha value is -4.46. The fourth-order valence-electron chi connectivity index (χ4n) is 4.34. The van der Waals surface area contributed by atoms with E-state index in [9.17, 15) is 19.2 Å². The predicted octanol–water partition coefficient (Wildman–Crippen LogP) is 4.06. The zero-order chi connectivity index (χ0) is 26.6. The number of carbonyl (C=O) groups is 4. The second kappa shape index (κ2) is 10.7. The van der Waals surface area contributed by atoms with Crippen LogP contribution in [0.25, 0.3) is 0 Å². The molecule has 1 aliphatic rings. The SMILES string of the molecule is CCC(C)(C(=O)Nc1ccc(OC)cc1)N(Cc1ccccc1)C(=O)CN1C(=O)C(=O)c2ccccc21. The van der Waals surface area contributed by atoms with E-state index in [2.05, 4.69) is 5.32 Å². The van der Waals surface area contributed by atoms with Crippen molar-refractivity contribution in [2.75, 3.05) is 23.9 Å². The minimum Gasteiger partial charge on any atom is -0.497 e. The number of hydrogen-bond acceptors (Lipinski definition) is 5. The zero-order valence-electron chi connectivity index (χ0n) is 21.1. The van der Waals surface area contributed by atoms with E-state index in [1.807, 2.05) is 37.3 Å². The first-order valence-electron chi connectivity index (χ1n) is 12.0. The molecule has 4 rings (SSSR count). The molecular formula is C29H29N3O5. The van der Waals surface area contributed by atoms with E-state index in [-0.39, 0.29) is 24.6 Å². The van der Waals surface area contributed by atoms with Crippen molar-refractivity contribution in [3.8, 4) is 5.75 Å². The molecule has 3 aromatic carbocycles. The highest BCUT2D eigenvalue weighted by Gasteiger charge is 2.43. The van der Waals surface area contributed by atoms with Gasteiger partial charge >= 0.3 is 0 Å². The van der Waals surface area contributed by atoms with Gasteiger partial charge in [0.1, 0.15) is 17.8 Å². The van der Waals surface area contributed by atoms with E-state index < -0.39 is 23.1 Å². The van der Waals surface area contributed by atoms with Gasteiger partial charge in [0.05, 0.1) is 18.4 Å². The number of carbonyl (C=O) groups excluding carboxylic acids is 4. The summed E-state index contributed by atoms with van der Waals surface area (Å²) in [6.45, 7) is 3.33. The number of amides is 3. The number of nitrogens with one attached hydrogen (secondary N) is 1. The Morgan fingerprint density at radius 2 is 1.59 bits per heavy atom. The lowest BCUT2D eigenvalue weighted by molar-refractivity contribution is -0.145. The van der Waals surface area contributed by atoms with Crippen LogP contribution in [0.5, 0.6) is 5.75 Å². The fourth-order valence-corrected chi connectivity index (χ4v) is 4.34. The minimum absolute atomic E-state index is 0.150. The van der Waals surface area contributed by atoms with Crippen LogP contribution in [0, 0.1) is 0 Å². The Morgan fingerprint density at radius 1 is 0.946 bits per heavy atom. The third kappa shape index (κ3) is 5.09. The summed E-state index contributed by atoms with van der Waals surface area (Å²) in [5.41, 5.74) is 0.805. The van der Waals surface area contributed by atoms with Gasteiger partial charge < -0.3 is 15.0 Å². The van der Waals surface area contributed by atoms with E-state index in [4.69, 9.17) is 4.74 Å². The number of fused-ring (bicyclic) bond motifs is 1. The minimum atomic E-state index is -1.25. The number of anilines is 2. The molecule has 1 atom stereocenters. The van der Waals surface area contributed by atoms with Crippen molar-refractivity contribution in [1.29, 1.82) is 0 Å². The summed E-state index contributed by atoms with van der Waals surface area (Å²) >= 11 is 0.